The number of fused-ring (bicyclic) bond motifs is 1. The minimum atomic E-state index is 1.05. The fourth-order valence-corrected chi connectivity index (χ4v) is 2.83. The summed E-state index contributed by atoms with van der Waals surface area (Å²) in [6, 6.07) is 0. The molecule has 4 nitrogen and oxygen atoms in total. The Bertz CT molecular complexity index is 368. The number of nitrogens with one attached hydrogen (secondary N) is 1. The molecule has 0 aromatic carbocycles. The van der Waals surface area contributed by atoms with Gasteiger partial charge in [0.2, 0.25) is 0 Å². The van der Waals surface area contributed by atoms with Crippen LogP contribution in [0.5, 0.6) is 0 Å². The average Bonchev–Trinajstić information content (AvgIpc) is 2.86. The van der Waals surface area contributed by atoms with E-state index in [0.717, 1.165) is 39.3 Å². The first-order chi connectivity index (χ1) is 9.35. The highest BCUT2D eigenvalue weighted by atomic mass is 15.1. The number of hydrogen-bond acceptors (Lipinski definition) is 3. The van der Waals surface area contributed by atoms with Gasteiger partial charge in [0.25, 0.3) is 0 Å². The third-order valence-corrected chi connectivity index (χ3v) is 4.14. The molecule has 0 fully saturated rings. The first kappa shape index (κ1) is 14.5. The van der Waals surface area contributed by atoms with Gasteiger partial charge in [-0.15, -0.1) is 0 Å². The van der Waals surface area contributed by atoms with E-state index in [0.29, 0.717) is 0 Å². The van der Waals surface area contributed by atoms with Crippen LogP contribution in [-0.2, 0) is 19.4 Å². The van der Waals surface area contributed by atoms with Gasteiger partial charge >= 0.3 is 0 Å². The van der Waals surface area contributed by atoms with E-state index in [2.05, 4.69) is 33.6 Å². The van der Waals surface area contributed by atoms with Crippen molar-refractivity contribution in [2.45, 2.75) is 46.1 Å². The van der Waals surface area contributed by atoms with Crippen LogP contribution >= 0.6 is 0 Å². The quantitative estimate of drug-likeness (QED) is 0.725. The predicted molar refractivity (Wildman–Crippen MR) is 79.5 cm³/mol. The molecule has 0 aliphatic heterocycles. The molecule has 0 spiro atoms. The van der Waals surface area contributed by atoms with Crippen LogP contribution in [0.4, 0.5) is 0 Å². The van der Waals surface area contributed by atoms with E-state index in [4.69, 9.17) is 0 Å². The first-order valence-electron chi connectivity index (χ1n) is 7.81. The van der Waals surface area contributed by atoms with Crippen molar-refractivity contribution in [1.29, 1.82) is 0 Å². The standard InChI is InChI=1S/C15H28N4/c1-3-18(4-2)11-9-16-10-12-19-13-17-14-7-5-6-8-15(14)19/h13,16H,3-12H2,1-2H3. The highest BCUT2D eigenvalue weighted by Crippen LogP contribution is 2.19. The van der Waals surface area contributed by atoms with Gasteiger partial charge in [0.05, 0.1) is 12.0 Å². The molecule has 1 aromatic heterocycles. The van der Waals surface area contributed by atoms with E-state index in [1.54, 1.807) is 0 Å². The monoisotopic (exact) mass is 264 g/mol. The molecule has 4 heteroatoms. The molecular weight excluding hydrogens is 236 g/mol. The molecule has 1 N–H and O–H groups in total. The van der Waals surface area contributed by atoms with Gasteiger partial charge in [-0.2, -0.15) is 0 Å². The van der Waals surface area contributed by atoms with E-state index in [1.807, 2.05) is 6.33 Å². The Morgan fingerprint density at radius 2 is 2.00 bits per heavy atom. The van der Waals surface area contributed by atoms with Crippen LogP contribution in [0.1, 0.15) is 38.1 Å². The van der Waals surface area contributed by atoms with Gasteiger partial charge in [0, 0.05) is 31.9 Å². The molecule has 2 rings (SSSR count). The number of aryl methyl sites for hydroxylation is 1. The molecule has 0 atom stereocenters. The number of aromatic nitrogens is 2. The van der Waals surface area contributed by atoms with E-state index in [9.17, 15) is 0 Å². The second kappa shape index (κ2) is 7.65. The Morgan fingerprint density at radius 1 is 1.21 bits per heavy atom. The summed E-state index contributed by atoms with van der Waals surface area (Å²) in [7, 11) is 0. The van der Waals surface area contributed by atoms with Gasteiger partial charge in [-0.05, 0) is 38.8 Å². The number of rotatable bonds is 8. The van der Waals surface area contributed by atoms with Crippen LogP contribution < -0.4 is 5.32 Å². The number of imidazole rings is 1. The van der Waals surface area contributed by atoms with E-state index in [-0.39, 0.29) is 0 Å². The molecule has 108 valence electrons. The smallest absolute Gasteiger partial charge is 0.0952 e. The number of hydrogen-bond donors (Lipinski definition) is 1. The van der Waals surface area contributed by atoms with Crippen molar-refractivity contribution in [3.8, 4) is 0 Å². The third-order valence-electron chi connectivity index (χ3n) is 4.14. The zero-order valence-electron chi connectivity index (χ0n) is 12.5. The van der Waals surface area contributed by atoms with Crippen LogP contribution in [0, 0.1) is 0 Å². The molecule has 0 saturated heterocycles. The van der Waals surface area contributed by atoms with Crippen molar-refractivity contribution in [2.24, 2.45) is 0 Å². The molecule has 1 aliphatic rings. The zero-order chi connectivity index (χ0) is 13.5. The average molecular weight is 264 g/mol. The SMILES string of the molecule is CCN(CC)CCNCCn1cnc2c1CCCC2. The largest absolute Gasteiger partial charge is 0.333 e. The lowest BCUT2D eigenvalue weighted by Crippen LogP contribution is -2.33. The Hall–Kier alpha value is -0.870. The lowest BCUT2D eigenvalue weighted by molar-refractivity contribution is 0.302. The normalized spacial score (nSPS) is 14.9. The van der Waals surface area contributed by atoms with Crippen molar-refractivity contribution < 1.29 is 0 Å². The lowest BCUT2D eigenvalue weighted by Gasteiger charge is -2.18. The van der Waals surface area contributed by atoms with Crippen LogP contribution in [0.15, 0.2) is 6.33 Å². The maximum atomic E-state index is 4.54. The lowest BCUT2D eigenvalue weighted by atomic mass is 10.0. The van der Waals surface area contributed by atoms with Gasteiger partial charge in [-0.3, -0.25) is 0 Å². The topological polar surface area (TPSA) is 33.1 Å². The summed E-state index contributed by atoms with van der Waals surface area (Å²) in [6.07, 6.45) is 7.06. The molecular formula is C15H28N4. The van der Waals surface area contributed by atoms with Crippen molar-refractivity contribution in [2.75, 3.05) is 32.7 Å². The van der Waals surface area contributed by atoms with Crippen LogP contribution in [0.25, 0.3) is 0 Å². The maximum Gasteiger partial charge on any atom is 0.0952 e. The Labute approximate surface area is 117 Å². The fourth-order valence-electron chi connectivity index (χ4n) is 2.83. The van der Waals surface area contributed by atoms with Gasteiger partial charge in [-0.25, -0.2) is 4.98 Å². The van der Waals surface area contributed by atoms with E-state index < -0.39 is 0 Å². The van der Waals surface area contributed by atoms with Crippen molar-refractivity contribution in [3.63, 3.8) is 0 Å². The highest BCUT2D eigenvalue weighted by molar-refractivity contribution is 5.16. The van der Waals surface area contributed by atoms with E-state index in [1.165, 1.54) is 37.1 Å². The molecule has 0 radical (unpaired) electrons. The fraction of sp³-hybridized carbons (Fsp3) is 0.800. The summed E-state index contributed by atoms with van der Waals surface area (Å²) >= 11 is 0. The van der Waals surface area contributed by atoms with Crippen LogP contribution in [0.2, 0.25) is 0 Å². The second-order valence-electron chi connectivity index (χ2n) is 5.32. The molecule has 0 saturated carbocycles. The minimum absolute atomic E-state index is 1.05. The van der Waals surface area contributed by atoms with Gasteiger partial charge in [0.1, 0.15) is 0 Å². The van der Waals surface area contributed by atoms with Gasteiger partial charge in [-0.1, -0.05) is 13.8 Å². The van der Waals surface area contributed by atoms with Crippen LogP contribution in [0.3, 0.4) is 0 Å². The Kier molecular flexibility index (Phi) is 5.86. The van der Waals surface area contributed by atoms with Crippen molar-refractivity contribution >= 4 is 0 Å². The minimum Gasteiger partial charge on any atom is -0.333 e. The van der Waals surface area contributed by atoms with E-state index >= 15 is 0 Å². The highest BCUT2D eigenvalue weighted by Gasteiger charge is 2.14. The summed E-state index contributed by atoms with van der Waals surface area (Å²) in [6.45, 7) is 11.1. The van der Waals surface area contributed by atoms with Gasteiger partial charge < -0.3 is 14.8 Å². The number of likely N-dealkylation sites (N-methyl/N-ethyl adjacent to an activating group) is 1. The van der Waals surface area contributed by atoms with Gasteiger partial charge in [0.15, 0.2) is 0 Å². The second-order valence-corrected chi connectivity index (χ2v) is 5.32. The summed E-state index contributed by atoms with van der Waals surface area (Å²) in [4.78, 5) is 6.99. The molecule has 0 bridgehead atoms. The summed E-state index contributed by atoms with van der Waals surface area (Å²) in [5.74, 6) is 0. The molecule has 1 aliphatic carbocycles. The Balaban J connectivity index is 1.67. The third kappa shape index (κ3) is 4.05. The first-order valence-corrected chi connectivity index (χ1v) is 7.81. The summed E-state index contributed by atoms with van der Waals surface area (Å²) in [5, 5.41) is 3.54. The molecule has 1 aromatic rings. The zero-order valence-corrected chi connectivity index (χ0v) is 12.5. The molecule has 0 amide bonds. The van der Waals surface area contributed by atoms with Crippen molar-refractivity contribution in [1.82, 2.24) is 19.8 Å². The van der Waals surface area contributed by atoms with Crippen molar-refractivity contribution in [3.05, 3.63) is 17.7 Å². The predicted octanol–water partition coefficient (Wildman–Crippen LogP) is 1.69. The molecule has 19 heavy (non-hydrogen) atoms. The maximum absolute atomic E-state index is 4.54. The summed E-state index contributed by atoms with van der Waals surface area (Å²) in [5.41, 5.74) is 2.83. The van der Waals surface area contributed by atoms with Crippen LogP contribution in [-0.4, -0.2) is 47.2 Å². The molecule has 0 unspecified atom stereocenters. The Morgan fingerprint density at radius 3 is 2.79 bits per heavy atom. The number of nitrogens with zero attached hydrogens (tertiary/aromatic N) is 3. The summed E-state index contributed by atoms with van der Waals surface area (Å²) < 4.78 is 2.35. The molecule has 1 heterocycles.